The summed E-state index contributed by atoms with van der Waals surface area (Å²) in [6, 6.07) is 0. The van der Waals surface area contributed by atoms with E-state index in [0.717, 1.165) is 13.8 Å². The SMILES string of the molecule is CC(C)OC(=O)C(F)(F)C(F)(F)C(C)(F)F. The first-order valence-electron chi connectivity index (χ1n) is 4.18. The lowest BCUT2D eigenvalue weighted by atomic mass is 10.1. The lowest BCUT2D eigenvalue weighted by Crippen LogP contribution is -2.57. The molecule has 2 nitrogen and oxygen atoms in total. The number of alkyl halides is 6. The minimum Gasteiger partial charge on any atom is -0.458 e. The summed E-state index contributed by atoms with van der Waals surface area (Å²) in [6.45, 7) is 1.84. The van der Waals surface area contributed by atoms with Gasteiger partial charge < -0.3 is 4.74 Å². The molecule has 8 heteroatoms. The molecule has 96 valence electrons. The van der Waals surface area contributed by atoms with Crippen LogP contribution in [-0.4, -0.2) is 29.8 Å². The van der Waals surface area contributed by atoms with Crippen LogP contribution in [0.2, 0.25) is 0 Å². The summed E-state index contributed by atoms with van der Waals surface area (Å²) in [5, 5.41) is 0. The lowest BCUT2D eigenvalue weighted by Gasteiger charge is -2.29. The van der Waals surface area contributed by atoms with E-state index in [9.17, 15) is 31.1 Å². The van der Waals surface area contributed by atoms with E-state index < -0.39 is 36.8 Å². The van der Waals surface area contributed by atoms with Gasteiger partial charge >= 0.3 is 23.7 Å². The molecule has 0 rings (SSSR count). The number of carbonyl (C=O) groups is 1. The summed E-state index contributed by atoms with van der Waals surface area (Å²) in [5.74, 6) is -19.1. The summed E-state index contributed by atoms with van der Waals surface area (Å²) in [7, 11) is 0. The average Bonchev–Trinajstić information content (AvgIpc) is 2.00. The molecule has 16 heavy (non-hydrogen) atoms. The van der Waals surface area contributed by atoms with E-state index in [2.05, 4.69) is 4.74 Å². The highest BCUT2D eigenvalue weighted by Crippen LogP contribution is 2.46. The first kappa shape index (κ1) is 15.0. The minimum atomic E-state index is -5.80. The van der Waals surface area contributed by atoms with Crippen LogP contribution >= 0.6 is 0 Å². The van der Waals surface area contributed by atoms with Crippen molar-refractivity contribution in [2.24, 2.45) is 0 Å². The quantitative estimate of drug-likeness (QED) is 0.568. The highest BCUT2D eigenvalue weighted by Gasteiger charge is 2.74. The normalized spacial score (nSPS) is 14.1. The molecule has 0 atom stereocenters. The Labute approximate surface area is 87.6 Å². The third kappa shape index (κ3) is 2.59. The van der Waals surface area contributed by atoms with Gasteiger partial charge in [0.15, 0.2) is 0 Å². The van der Waals surface area contributed by atoms with Crippen molar-refractivity contribution in [1.29, 1.82) is 0 Å². The molecule has 0 bridgehead atoms. The van der Waals surface area contributed by atoms with Crippen molar-refractivity contribution in [3.8, 4) is 0 Å². The van der Waals surface area contributed by atoms with Gasteiger partial charge in [-0.05, 0) is 13.8 Å². The Kier molecular flexibility index (Phi) is 3.89. The van der Waals surface area contributed by atoms with E-state index in [1.54, 1.807) is 0 Å². The maximum absolute atomic E-state index is 12.7. The number of esters is 1. The Morgan fingerprint density at radius 3 is 1.69 bits per heavy atom. The molecular formula is C8H10F6O2. The molecule has 0 aliphatic heterocycles. The van der Waals surface area contributed by atoms with Crippen LogP contribution in [0.4, 0.5) is 26.3 Å². The molecule has 0 spiro atoms. The Balaban J connectivity index is 5.12. The highest BCUT2D eigenvalue weighted by atomic mass is 19.3. The maximum Gasteiger partial charge on any atom is 0.410 e. The van der Waals surface area contributed by atoms with Gasteiger partial charge in [0, 0.05) is 6.92 Å². The highest BCUT2D eigenvalue weighted by molar-refractivity contribution is 5.79. The second kappa shape index (κ2) is 4.14. The van der Waals surface area contributed by atoms with Crippen molar-refractivity contribution in [2.45, 2.75) is 44.6 Å². The van der Waals surface area contributed by atoms with Crippen LogP contribution in [0.25, 0.3) is 0 Å². The van der Waals surface area contributed by atoms with Crippen LogP contribution in [0.15, 0.2) is 0 Å². The monoisotopic (exact) mass is 252 g/mol. The first-order chi connectivity index (χ1) is 6.84. The van der Waals surface area contributed by atoms with Crippen molar-refractivity contribution >= 4 is 5.97 Å². The summed E-state index contributed by atoms with van der Waals surface area (Å²) < 4.78 is 79.0. The van der Waals surface area contributed by atoms with E-state index in [1.165, 1.54) is 0 Å². The van der Waals surface area contributed by atoms with Gasteiger partial charge in [0.25, 0.3) is 0 Å². The molecule has 0 N–H and O–H groups in total. The Morgan fingerprint density at radius 1 is 1.06 bits per heavy atom. The van der Waals surface area contributed by atoms with E-state index in [-0.39, 0.29) is 0 Å². The van der Waals surface area contributed by atoms with Gasteiger partial charge in [-0.3, -0.25) is 0 Å². The third-order valence-electron chi connectivity index (χ3n) is 1.54. The van der Waals surface area contributed by atoms with Crippen molar-refractivity contribution in [1.82, 2.24) is 0 Å². The fourth-order valence-electron chi connectivity index (χ4n) is 0.692. The molecular weight excluding hydrogens is 242 g/mol. The number of rotatable bonds is 4. The summed E-state index contributed by atoms with van der Waals surface area (Å²) >= 11 is 0. The fourth-order valence-corrected chi connectivity index (χ4v) is 0.692. The molecule has 0 radical (unpaired) electrons. The standard InChI is InChI=1S/C8H10F6O2/c1-4(2)16-5(15)7(11,12)8(13,14)6(3,9)10/h4H,1-3H3. The van der Waals surface area contributed by atoms with E-state index in [4.69, 9.17) is 0 Å². The molecule has 0 aromatic rings. The largest absolute Gasteiger partial charge is 0.458 e. The molecule has 0 saturated carbocycles. The van der Waals surface area contributed by atoms with E-state index in [1.807, 2.05) is 0 Å². The van der Waals surface area contributed by atoms with Crippen molar-refractivity contribution in [3.05, 3.63) is 0 Å². The first-order valence-corrected chi connectivity index (χ1v) is 4.18. The molecule has 0 heterocycles. The summed E-state index contributed by atoms with van der Waals surface area (Å²) in [4.78, 5) is 10.6. The Hall–Kier alpha value is -0.950. The van der Waals surface area contributed by atoms with Crippen molar-refractivity contribution in [2.75, 3.05) is 0 Å². The summed E-state index contributed by atoms with van der Waals surface area (Å²) in [6.07, 6.45) is -1.11. The molecule has 0 aliphatic rings. The Morgan fingerprint density at radius 2 is 1.44 bits per heavy atom. The zero-order chi connectivity index (χ0) is 13.4. The van der Waals surface area contributed by atoms with Crippen molar-refractivity contribution < 1.29 is 35.9 Å². The second-order valence-corrected chi connectivity index (χ2v) is 3.49. The van der Waals surface area contributed by atoms with Crippen LogP contribution in [0.1, 0.15) is 20.8 Å². The molecule has 0 amide bonds. The second-order valence-electron chi connectivity index (χ2n) is 3.49. The van der Waals surface area contributed by atoms with E-state index >= 15 is 0 Å². The number of ether oxygens (including phenoxy) is 1. The lowest BCUT2D eigenvalue weighted by molar-refractivity contribution is -0.300. The van der Waals surface area contributed by atoms with Crippen molar-refractivity contribution in [3.63, 3.8) is 0 Å². The van der Waals surface area contributed by atoms with Gasteiger partial charge in [0.2, 0.25) is 0 Å². The zero-order valence-electron chi connectivity index (χ0n) is 8.66. The van der Waals surface area contributed by atoms with Crippen LogP contribution in [-0.2, 0) is 9.53 Å². The molecule has 0 aliphatic carbocycles. The summed E-state index contributed by atoms with van der Waals surface area (Å²) in [5.41, 5.74) is 0. The number of hydrogen-bond acceptors (Lipinski definition) is 2. The maximum atomic E-state index is 12.7. The predicted molar refractivity (Wildman–Crippen MR) is 41.7 cm³/mol. The van der Waals surface area contributed by atoms with Crippen LogP contribution in [0.3, 0.4) is 0 Å². The Bertz CT molecular complexity index is 268. The van der Waals surface area contributed by atoms with Gasteiger partial charge in [-0.2, -0.15) is 26.3 Å². The fraction of sp³-hybridized carbons (Fsp3) is 0.875. The molecule has 0 saturated heterocycles. The topological polar surface area (TPSA) is 26.3 Å². The number of halogens is 6. The van der Waals surface area contributed by atoms with Crippen LogP contribution in [0, 0.1) is 0 Å². The van der Waals surface area contributed by atoms with Gasteiger partial charge in [-0.1, -0.05) is 0 Å². The molecule has 0 unspecified atom stereocenters. The van der Waals surface area contributed by atoms with Crippen LogP contribution < -0.4 is 0 Å². The third-order valence-corrected chi connectivity index (χ3v) is 1.54. The van der Waals surface area contributed by atoms with Gasteiger partial charge in [0.1, 0.15) is 0 Å². The van der Waals surface area contributed by atoms with Gasteiger partial charge in [0.05, 0.1) is 6.10 Å². The zero-order valence-corrected chi connectivity index (χ0v) is 8.66. The number of carbonyl (C=O) groups excluding carboxylic acids is 1. The van der Waals surface area contributed by atoms with Gasteiger partial charge in [-0.15, -0.1) is 0 Å². The average molecular weight is 252 g/mol. The predicted octanol–water partition coefficient (Wildman–Crippen LogP) is 2.86. The smallest absolute Gasteiger partial charge is 0.410 e. The van der Waals surface area contributed by atoms with Gasteiger partial charge in [-0.25, -0.2) is 4.79 Å². The number of hydrogen-bond donors (Lipinski definition) is 0. The molecule has 0 aromatic carbocycles. The van der Waals surface area contributed by atoms with E-state index in [0.29, 0.717) is 0 Å². The minimum absolute atomic E-state index is 0.399. The molecule has 0 aromatic heterocycles. The van der Waals surface area contributed by atoms with Crippen LogP contribution in [0.5, 0.6) is 0 Å². The molecule has 0 fully saturated rings.